The number of methoxy groups -OCH3 is 1. The molecule has 0 spiro atoms. The number of rotatable bonds is 2. The maximum Gasteiger partial charge on any atom is 0.231 e. The number of hydrogen-bond acceptors (Lipinski definition) is 4. The van der Waals surface area contributed by atoms with Gasteiger partial charge in [-0.15, -0.1) is 0 Å². The van der Waals surface area contributed by atoms with Crippen LogP contribution in [-0.2, 0) is 0 Å². The molecule has 1 saturated heterocycles. The Bertz CT molecular complexity index is 609. The Hall–Kier alpha value is -2.20. The molecule has 23 heavy (non-hydrogen) atoms. The molecule has 2 aliphatic rings. The lowest BCUT2D eigenvalue weighted by Gasteiger charge is -2.22. The molecule has 122 valence electrons. The fourth-order valence-electron chi connectivity index (χ4n) is 2.88. The summed E-state index contributed by atoms with van der Waals surface area (Å²) >= 11 is 0. The van der Waals surface area contributed by atoms with Gasteiger partial charge < -0.3 is 19.5 Å². The monoisotopic (exact) mass is 313 g/mol. The standard InChI is InChI=1S/C11H15N.C8H8O3/c1-2-4-10(5-3-1)11-6-8-12-9-7-11;1-9-6-2-3-7-8(4-6)11-5-10-7/h1-5,11-12H,6-9H2;2-4H,5H2,1H3. The Morgan fingerprint density at radius 2 is 1.70 bits per heavy atom. The van der Waals surface area contributed by atoms with Crippen molar-refractivity contribution in [2.24, 2.45) is 0 Å². The number of fused-ring (bicyclic) bond motifs is 1. The van der Waals surface area contributed by atoms with Crippen molar-refractivity contribution in [2.75, 3.05) is 27.0 Å². The van der Waals surface area contributed by atoms with Gasteiger partial charge in [-0.2, -0.15) is 0 Å². The first kappa shape index (κ1) is 15.7. The summed E-state index contributed by atoms with van der Waals surface area (Å²) in [5, 5.41) is 3.38. The first-order valence-corrected chi connectivity index (χ1v) is 8.06. The zero-order chi connectivity index (χ0) is 15.9. The van der Waals surface area contributed by atoms with Gasteiger partial charge >= 0.3 is 0 Å². The molecule has 4 heteroatoms. The third-order valence-electron chi connectivity index (χ3n) is 4.19. The molecular weight excluding hydrogens is 290 g/mol. The van der Waals surface area contributed by atoms with Gasteiger partial charge in [0.05, 0.1) is 7.11 Å². The van der Waals surface area contributed by atoms with Gasteiger partial charge in [-0.1, -0.05) is 30.3 Å². The van der Waals surface area contributed by atoms with Crippen LogP contribution < -0.4 is 19.5 Å². The van der Waals surface area contributed by atoms with Crippen LogP contribution in [0.15, 0.2) is 48.5 Å². The summed E-state index contributed by atoms with van der Waals surface area (Å²) in [5.41, 5.74) is 1.51. The van der Waals surface area contributed by atoms with Crippen molar-refractivity contribution >= 4 is 0 Å². The molecule has 0 atom stereocenters. The van der Waals surface area contributed by atoms with Crippen molar-refractivity contribution in [3.05, 3.63) is 54.1 Å². The summed E-state index contributed by atoms with van der Waals surface area (Å²) in [6.45, 7) is 2.67. The Labute approximate surface area is 137 Å². The lowest BCUT2D eigenvalue weighted by atomic mass is 9.90. The third kappa shape index (κ3) is 4.17. The zero-order valence-corrected chi connectivity index (χ0v) is 13.5. The van der Waals surface area contributed by atoms with Crippen LogP contribution in [0.3, 0.4) is 0 Å². The Kier molecular flexibility index (Phi) is 5.37. The quantitative estimate of drug-likeness (QED) is 0.920. The first-order valence-electron chi connectivity index (χ1n) is 8.06. The van der Waals surface area contributed by atoms with E-state index >= 15 is 0 Å². The summed E-state index contributed by atoms with van der Waals surface area (Å²) < 4.78 is 15.3. The summed E-state index contributed by atoms with van der Waals surface area (Å²) in [7, 11) is 1.62. The molecule has 1 N–H and O–H groups in total. The van der Waals surface area contributed by atoms with E-state index in [0.29, 0.717) is 6.79 Å². The molecule has 4 nitrogen and oxygen atoms in total. The molecule has 2 heterocycles. The fraction of sp³-hybridized carbons (Fsp3) is 0.368. The van der Waals surface area contributed by atoms with Crippen molar-refractivity contribution in [2.45, 2.75) is 18.8 Å². The predicted octanol–water partition coefficient (Wildman–Crippen LogP) is 3.58. The van der Waals surface area contributed by atoms with Gasteiger partial charge in [0.1, 0.15) is 5.75 Å². The van der Waals surface area contributed by atoms with E-state index in [9.17, 15) is 0 Å². The van der Waals surface area contributed by atoms with E-state index in [-0.39, 0.29) is 0 Å². The smallest absolute Gasteiger partial charge is 0.231 e. The van der Waals surface area contributed by atoms with E-state index < -0.39 is 0 Å². The molecule has 0 bridgehead atoms. The Balaban J connectivity index is 0.000000136. The fourth-order valence-corrected chi connectivity index (χ4v) is 2.88. The Morgan fingerprint density at radius 1 is 0.957 bits per heavy atom. The second kappa shape index (κ2) is 7.88. The predicted molar refractivity (Wildman–Crippen MR) is 90.4 cm³/mol. The van der Waals surface area contributed by atoms with Gasteiger partial charge in [-0.05, 0) is 49.5 Å². The van der Waals surface area contributed by atoms with Crippen LogP contribution in [0, 0.1) is 0 Å². The number of benzene rings is 2. The normalized spacial score (nSPS) is 16.4. The van der Waals surface area contributed by atoms with Crippen LogP contribution in [0.4, 0.5) is 0 Å². The van der Waals surface area contributed by atoms with E-state index in [1.165, 1.54) is 31.5 Å². The van der Waals surface area contributed by atoms with Crippen molar-refractivity contribution in [1.82, 2.24) is 5.32 Å². The maximum absolute atomic E-state index is 5.14. The van der Waals surface area contributed by atoms with Crippen molar-refractivity contribution in [3.8, 4) is 17.2 Å². The molecule has 1 fully saturated rings. The average Bonchev–Trinajstić information content (AvgIpc) is 3.11. The number of piperidine rings is 1. The van der Waals surface area contributed by atoms with Gasteiger partial charge in [0.15, 0.2) is 11.5 Å². The van der Waals surface area contributed by atoms with Crippen molar-refractivity contribution in [3.63, 3.8) is 0 Å². The highest BCUT2D eigenvalue weighted by molar-refractivity contribution is 5.46. The van der Waals surface area contributed by atoms with Crippen LogP contribution in [0.5, 0.6) is 17.2 Å². The molecule has 2 aliphatic heterocycles. The molecule has 0 aliphatic carbocycles. The topological polar surface area (TPSA) is 39.7 Å². The first-order chi connectivity index (χ1) is 11.4. The van der Waals surface area contributed by atoms with Crippen molar-refractivity contribution in [1.29, 1.82) is 0 Å². The molecule has 2 aromatic rings. The van der Waals surface area contributed by atoms with E-state index in [0.717, 1.165) is 23.2 Å². The molecule has 0 unspecified atom stereocenters. The van der Waals surface area contributed by atoms with Crippen molar-refractivity contribution < 1.29 is 14.2 Å². The summed E-state index contributed by atoms with van der Waals surface area (Å²) in [4.78, 5) is 0. The van der Waals surface area contributed by atoms with Crippen LogP contribution in [0.1, 0.15) is 24.3 Å². The molecule has 4 rings (SSSR count). The lowest BCUT2D eigenvalue weighted by Crippen LogP contribution is -2.26. The molecular formula is C19H23NO3. The maximum atomic E-state index is 5.14. The van der Waals surface area contributed by atoms with E-state index in [1.54, 1.807) is 7.11 Å². The summed E-state index contributed by atoms with van der Waals surface area (Å²) in [6, 6.07) is 16.3. The van der Waals surface area contributed by atoms with Crippen LogP contribution >= 0.6 is 0 Å². The van der Waals surface area contributed by atoms with Gasteiger partial charge in [-0.3, -0.25) is 0 Å². The molecule has 0 amide bonds. The minimum Gasteiger partial charge on any atom is -0.497 e. The highest BCUT2D eigenvalue weighted by Crippen LogP contribution is 2.34. The zero-order valence-electron chi connectivity index (χ0n) is 13.5. The van der Waals surface area contributed by atoms with Gasteiger partial charge in [0, 0.05) is 6.07 Å². The lowest BCUT2D eigenvalue weighted by molar-refractivity contribution is 0.174. The number of ether oxygens (including phenoxy) is 3. The van der Waals surface area contributed by atoms with Crippen LogP contribution in [-0.4, -0.2) is 27.0 Å². The third-order valence-corrected chi connectivity index (χ3v) is 4.19. The summed E-state index contributed by atoms with van der Waals surface area (Å²) in [6.07, 6.45) is 2.59. The van der Waals surface area contributed by atoms with E-state index in [1.807, 2.05) is 18.2 Å². The Morgan fingerprint density at radius 3 is 2.43 bits per heavy atom. The van der Waals surface area contributed by atoms with E-state index in [2.05, 4.69) is 35.6 Å². The van der Waals surface area contributed by atoms with E-state index in [4.69, 9.17) is 14.2 Å². The molecule has 0 aromatic heterocycles. The van der Waals surface area contributed by atoms with Gasteiger partial charge in [0.25, 0.3) is 0 Å². The minimum absolute atomic E-state index is 0.308. The minimum atomic E-state index is 0.308. The SMILES string of the molecule is COc1ccc2c(c1)OCO2.c1ccc(C2CCNCC2)cc1. The second-order valence-electron chi connectivity index (χ2n) is 5.65. The highest BCUT2D eigenvalue weighted by atomic mass is 16.7. The average molecular weight is 313 g/mol. The highest BCUT2D eigenvalue weighted by Gasteiger charge is 2.14. The molecule has 0 saturated carbocycles. The second-order valence-corrected chi connectivity index (χ2v) is 5.65. The van der Waals surface area contributed by atoms with Gasteiger partial charge in [0.2, 0.25) is 6.79 Å². The van der Waals surface area contributed by atoms with Crippen LogP contribution in [0.2, 0.25) is 0 Å². The number of nitrogens with one attached hydrogen (secondary N) is 1. The van der Waals surface area contributed by atoms with Crippen LogP contribution in [0.25, 0.3) is 0 Å². The largest absolute Gasteiger partial charge is 0.497 e. The summed E-state index contributed by atoms with van der Waals surface area (Å²) in [5.74, 6) is 3.12. The van der Waals surface area contributed by atoms with Gasteiger partial charge in [-0.25, -0.2) is 0 Å². The molecule has 2 aromatic carbocycles. The molecule has 0 radical (unpaired) electrons. The number of hydrogen-bond donors (Lipinski definition) is 1.